The van der Waals surface area contributed by atoms with Gasteiger partial charge in [0.1, 0.15) is 18.1 Å². The summed E-state index contributed by atoms with van der Waals surface area (Å²) in [4.78, 5) is 28.7. The fourth-order valence-corrected chi connectivity index (χ4v) is 3.01. The number of amides is 2. The topological polar surface area (TPSA) is 85.2 Å². The molecule has 0 fully saturated rings. The minimum absolute atomic E-state index is 0.0803. The molecule has 7 heteroatoms. The SMILES string of the molecule is COc1cccc(NC(=O)Cn2c(C(C)NC(C)=O)nc3ccccc32)c1. The van der Waals surface area contributed by atoms with Crippen LogP contribution < -0.4 is 15.4 Å². The minimum atomic E-state index is -0.320. The number of nitrogens with zero attached hydrogens (tertiary/aromatic N) is 2. The zero-order valence-electron chi connectivity index (χ0n) is 15.5. The summed E-state index contributed by atoms with van der Waals surface area (Å²) in [6, 6.07) is 14.4. The number of carbonyl (C=O) groups is 2. The highest BCUT2D eigenvalue weighted by atomic mass is 16.5. The predicted octanol–water partition coefficient (Wildman–Crippen LogP) is 2.88. The van der Waals surface area contributed by atoms with Gasteiger partial charge in [-0.25, -0.2) is 4.98 Å². The molecule has 1 atom stereocenters. The van der Waals surface area contributed by atoms with Crippen molar-refractivity contribution >= 4 is 28.5 Å². The number of imidazole rings is 1. The number of para-hydroxylation sites is 2. The lowest BCUT2D eigenvalue weighted by atomic mass is 10.3. The van der Waals surface area contributed by atoms with Gasteiger partial charge in [0.05, 0.1) is 24.2 Å². The first-order chi connectivity index (χ1) is 13.0. The Bertz CT molecular complexity index is 980. The van der Waals surface area contributed by atoms with Crippen LogP contribution in [0.4, 0.5) is 5.69 Å². The van der Waals surface area contributed by atoms with E-state index in [1.54, 1.807) is 19.2 Å². The van der Waals surface area contributed by atoms with Crippen LogP contribution in [0.5, 0.6) is 5.75 Å². The molecule has 1 heterocycles. The number of aromatic nitrogens is 2. The monoisotopic (exact) mass is 366 g/mol. The number of fused-ring (bicyclic) bond motifs is 1. The van der Waals surface area contributed by atoms with Crippen molar-refractivity contribution in [3.05, 3.63) is 54.4 Å². The smallest absolute Gasteiger partial charge is 0.244 e. The first-order valence-electron chi connectivity index (χ1n) is 8.64. The molecule has 0 aliphatic carbocycles. The molecule has 3 aromatic rings. The highest BCUT2D eigenvalue weighted by Gasteiger charge is 2.19. The number of hydrogen-bond acceptors (Lipinski definition) is 4. The summed E-state index contributed by atoms with van der Waals surface area (Å²) in [6.45, 7) is 3.38. The average molecular weight is 366 g/mol. The normalized spacial score (nSPS) is 11.8. The van der Waals surface area contributed by atoms with Crippen molar-refractivity contribution in [2.75, 3.05) is 12.4 Å². The van der Waals surface area contributed by atoms with E-state index in [0.717, 1.165) is 11.0 Å². The van der Waals surface area contributed by atoms with Gasteiger partial charge >= 0.3 is 0 Å². The van der Waals surface area contributed by atoms with Crippen molar-refractivity contribution in [2.45, 2.75) is 26.4 Å². The van der Waals surface area contributed by atoms with Gasteiger partial charge in [-0.2, -0.15) is 0 Å². The van der Waals surface area contributed by atoms with Crippen LogP contribution in [-0.2, 0) is 16.1 Å². The number of carbonyl (C=O) groups excluding carboxylic acids is 2. The Morgan fingerprint density at radius 3 is 2.70 bits per heavy atom. The Labute approximate surface area is 157 Å². The average Bonchev–Trinajstić information content (AvgIpc) is 3.00. The lowest BCUT2D eigenvalue weighted by molar-refractivity contribution is -0.119. The highest BCUT2D eigenvalue weighted by Crippen LogP contribution is 2.22. The molecule has 2 aromatic carbocycles. The molecule has 27 heavy (non-hydrogen) atoms. The first kappa shape index (κ1) is 18.4. The molecule has 0 aliphatic rings. The van der Waals surface area contributed by atoms with Crippen molar-refractivity contribution < 1.29 is 14.3 Å². The van der Waals surface area contributed by atoms with Crippen LogP contribution in [0.2, 0.25) is 0 Å². The molecule has 140 valence electrons. The summed E-state index contributed by atoms with van der Waals surface area (Å²) in [5.41, 5.74) is 2.27. The van der Waals surface area contributed by atoms with Crippen molar-refractivity contribution in [1.82, 2.24) is 14.9 Å². The van der Waals surface area contributed by atoms with Gasteiger partial charge in [0.15, 0.2) is 0 Å². The van der Waals surface area contributed by atoms with Crippen LogP contribution in [0.1, 0.15) is 25.7 Å². The first-order valence-corrected chi connectivity index (χ1v) is 8.64. The summed E-state index contributed by atoms with van der Waals surface area (Å²) in [7, 11) is 1.58. The number of rotatable bonds is 6. The molecule has 7 nitrogen and oxygen atoms in total. The predicted molar refractivity (Wildman–Crippen MR) is 104 cm³/mol. The Morgan fingerprint density at radius 1 is 1.19 bits per heavy atom. The van der Waals surface area contributed by atoms with Crippen molar-refractivity contribution in [3.8, 4) is 5.75 Å². The number of methoxy groups -OCH3 is 1. The molecule has 1 aromatic heterocycles. The van der Waals surface area contributed by atoms with Crippen LogP contribution in [0, 0.1) is 0 Å². The fraction of sp³-hybridized carbons (Fsp3) is 0.250. The Balaban J connectivity index is 1.88. The fourth-order valence-electron chi connectivity index (χ4n) is 3.01. The van der Waals surface area contributed by atoms with E-state index in [4.69, 9.17) is 4.74 Å². The van der Waals surface area contributed by atoms with Gasteiger partial charge in [-0.05, 0) is 31.2 Å². The summed E-state index contributed by atoms with van der Waals surface area (Å²) in [5, 5.41) is 5.70. The quantitative estimate of drug-likeness (QED) is 0.702. The third kappa shape index (κ3) is 4.25. The van der Waals surface area contributed by atoms with E-state index in [1.165, 1.54) is 6.92 Å². The van der Waals surface area contributed by atoms with Crippen LogP contribution in [0.25, 0.3) is 11.0 Å². The molecular weight excluding hydrogens is 344 g/mol. The maximum atomic E-state index is 12.6. The van der Waals surface area contributed by atoms with E-state index in [1.807, 2.05) is 47.9 Å². The van der Waals surface area contributed by atoms with Gasteiger partial charge in [0.2, 0.25) is 11.8 Å². The highest BCUT2D eigenvalue weighted by molar-refractivity contribution is 5.92. The zero-order valence-corrected chi connectivity index (χ0v) is 15.5. The van der Waals surface area contributed by atoms with Gasteiger partial charge in [-0.15, -0.1) is 0 Å². The zero-order chi connectivity index (χ0) is 19.4. The van der Waals surface area contributed by atoms with Gasteiger partial charge in [0, 0.05) is 18.7 Å². The van der Waals surface area contributed by atoms with E-state index in [0.29, 0.717) is 17.3 Å². The van der Waals surface area contributed by atoms with Crippen LogP contribution in [0.3, 0.4) is 0 Å². The summed E-state index contributed by atoms with van der Waals surface area (Å²) in [6.07, 6.45) is 0. The third-order valence-electron chi connectivity index (χ3n) is 4.15. The molecule has 0 radical (unpaired) electrons. The van der Waals surface area contributed by atoms with Crippen molar-refractivity contribution in [2.24, 2.45) is 0 Å². The maximum Gasteiger partial charge on any atom is 0.244 e. The second-order valence-electron chi connectivity index (χ2n) is 6.25. The largest absolute Gasteiger partial charge is 0.497 e. The van der Waals surface area contributed by atoms with Gasteiger partial charge < -0.3 is 19.9 Å². The number of benzene rings is 2. The summed E-state index contributed by atoms with van der Waals surface area (Å²) < 4.78 is 7.01. The number of nitrogens with one attached hydrogen (secondary N) is 2. The number of anilines is 1. The molecule has 0 saturated heterocycles. The maximum absolute atomic E-state index is 12.6. The second kappa shape index (κ2) is 7.90. The molecule has 0 aliphatic heterocycles. The molecular formula is C20H22N4O3. The second-order valence-corrected chi connectivity index (χ2v) is 6.25. The van der Waals surface area contributed by atoms with Gasteiger partial charge in [0.25, 0.3) is 0 Å². The molecule has 1 unspecified atom stereocenters. The summed E-state index contributed by atoms with van der Waals surface area (Å²) in [5.74, 6) is 0.956. The standard InChI is InChI=1S/C20H22N4O3/c1-13(21-14(2)25)20-23-17-9-4-5-10-18(17)24(20)12-19(26)22-15-7-6-8-16(11-15)27-3/h4-11,13H,12H2,1-3H3,(H,21,25)(H,22,26). The summed E-state index contributed by atoms with van der Waals surface area (Å²) >= 11 is 0. The molecule has 3 rings (SSSR count). The van der Waals surface area contributed by atoms with E-state index < -0.39 is 0 Å². The lowest BCUT2D eigenvalue weighted by Gasteiger charge is -2.15. The van der Waals surface area contributed by atoms with Crippen molar-refractivity contribution in [3.63, 3.8) is 0 Å². The van der Waals surface area contributed by atoms with Crippen molar-refractivity contribution in [1.29, 1.82) is 0 Å². The molecule has 2 N–H and O–H groups in total. The Hall–Kier alpha value is -3.35. The van der Waals surface area contributed by atoms with Crippen LogP contribution in [-0.4, -0.2) is 28.5 Å². The minimum Gasteiger partial charge on any atom is -0.497 e. The lowest BCUT2D eigenvalue weighted by Crippen LogP contribution is -2.28. The number of hydrogen-bond donors (Lipinski definition) is 2. The molecule has 0 saturated carbocycles. The van der Waals surface area contributed by atoms with E-state index in [9.17, 15) is 9.59 Å². The van der Waals surface area contributed by atoms with Gasteiger partial charge in [-0.1, -0.05) is 18.2 Å². The Morgan fingerprint density at radius 2 is 1.96 bits per heavy atom. The molecule has 0 bridgehead atoms. The van der Waals surface area contributed by atoms with Gasteiger partial charge in [-0.3, -0.25) is 9.59 Å². The molecule has 0 spiro atoms. The number of ether oxygens (including phenoxy) is 1. The third-order valence-corrected chi connectivity index (χ3v) is 4.15. The van der Waals surface area contributed by atoms with Crippen LogP contribution in [0.15, 0.2) is 48.5 Å². The molecule has 2 amide bonds. The van der Waals surface area contributed by atoms with Crippen LogP contribution >= 0.6 is 0 Å². The van der Waals surface area contributed by atoms with E-state index in [2.05, 4.69) is 15.6 Å². The van der Waals surface area contributed by atoms with E-state index in [-0.39, 0.29) is 24.4 Å². The van der Waals surface area contributed by atoms with E-state index >= 15 is 0 Å². The Kier molecular flexibility index (Phi) is 5.40.